The summed E-state index contributed by atoms with van der Waals surface area (Å²) in [4.78, 5) is 12.1. The number of rotatable bonds is 5. The van der Waals surface area contributed by atoms with Gasteiger partial charge in [0.2, 0.25) is 0 Å². The molecule has 1 aromatic carbocycles. The fourth-order valence-corrected chi connectivity index (χ4v) is 3.37. The van der Waals surface area contributed by atoms with Gasteiger partial charge in [-0.05, 0) is 37.2 Å². The summed E-state index contributed by atoms with van der Waals surface area (Å²) in [6, 6.07) is 10.5. The molecule has 0 unspecified atom stereocenters. The highest BCUT2D eigenvalue weighted by Crippen LogP contribution is 2.34. The fraction of sp³-hybridized carbons (Fsp3) is 0.611. The molecule has 2 aliphatic rings. The molecular weight excluding hydrogens is 276 g/mol. The molecule has 0 spiro atoms. The van der Waals surface area contributed by atoms with Crippen molar-refractivity contribution in [2.45, 2.75) is 37.5 Å². The second kappa shape index (κ2) is 7.14. The quantitative estimate of drug-likeness (QED) is 0.878. The van der Waals surface area contributed by atoms with Crippen LogP contribution < -0.4 is 10.6 Å². The van der Waals surface area contributed by atoms with Gasteiger partial charge in [0.15, 0.2) is 0 Å². The highest BCUT2D eigenvalue weighted by Gasteiger charge is 2.34. The summed E-state index contributed by atoms with van der Waals surface area (Å²) < 4.78 is 5.53. The maximum Gasteiger partial charge on any atom is 0.314 e. The van der Waals surface area contributed by atoms with Crippen molar-refractivity contribution in [3.8, 4) is 0 Å². The van der Waals surface area contributed by atoms with Gasteiger partial charge < -0.3 is 15.4 Å². The first-order valence-corrected chi connectivity index (χ1v) is 8.43. The van der Waals surface area contributed by atoms with E-state index in [1.807, 2.05) is 6.07 Å². The molecule has 120 valence electrons. The first kappa shape index (κ1) is 15.3. The van der Waals surface area contributed by atoms with E-state index >= 15 is 0 Å². The van der Waals surface area contributed by atoms with Crippen molar-refractivity contribution in [3.05, 3.63) is 35.9 Å². The lowest BCUT2D eigenvalue weighted by molar-refractivity contribution is 0.0506. The minimum Gasteiger partial charge on any atom is -0.381 e. The van der Waals surface area contributed by atoms with Crippen molar-refractivity contribution in [2.75, 3.05) is 26.3 Å². The Bertz CT molecular complexity index is 479. The van der Waals surface area contributed by atoms with Gasteiger partial charge in [-0.3, -0.25) is 0 Å². The van der Waals surface area contributed by atoms with E-state index in [2.05, 4.69) is 34.9 Å². The van der Waals surface area contributed by atoms with Crippen LogP contribution in [0.3, 0.4) is 0 Å². The van der Waals surface area contributed by atoms with E-state index in [9.17, 15) is 4.79 Å². The zero-order chi connectivity index (χ0) is 15.3. The number of hydrogen-bond acceptors (Lipinski definition) is 2. The van der Waals surface area contributed by atoms with Crippen LogP contribution in [0.1, 0.15) is 37.7 Å². The lowest BCUT2D eigenvalue weighted by Crippen LogP contribution is -2.48. The van der Waals surface area contributed by atoms with E-state index in [-0.39, 0.29) is 11.4 Å². The number of carbonyl (C=O) groups is 1. The molecule has 1 aliphatic heterocycles. The van der Waals surface area contributed by atoms with E-state index in [1.165, 1.54) is 24.8 Å². The van der Waals surface area contributed by atoms with Gasteiger partial charge in [-0.15, -0.1) is 0 Å². The molecule has 4 nitrogen and oxygen atoms in total. The van der Waals surface area contributed by atoms with Gasteiger partial charge in [0.1, 0.15) is 0 Å². The number of benzene rings is 1. The molecule has 2 N–H and O–H groups in total. The Morgan fingerprint density at radius 2 is 1.86 bits per heavy atom. The van der Waals surface area contributed by atoms with Crippen molar-refractivity contribution in [1.82, 2.24) is 10.6 Å². The van der Waals surface area contributed by atoms with Crippen molar-refractivity contribution in [2.24, 2.45) is 5.92 Å². The summed E-state index contributed by atoms with van der Waals surface area (Å²) in [5, 5.41) is 6.10. The zero-order valence-corrected chi connectivity index (χ0v) is 13.1. The molecular formula is C18H26N2O2. The smallest absolute Gasteiger partial charge is 0.314 e. The Hall–Kier alpha value is -1.55. The number of carbonyl (C=O) groups excluding carboxylic acids is 1. The molecule has 1 saturated carbocycles. The van der Waals surface area contributed by atoms with Crippen LogP contribution in [-0.4, -0.2) is 32.3 Å². The highest BCUT2D eigenvalue weighted by atomic mass is 16.5. The van der Waals surface area contributed by atoms with Crippen molar-refractivity contribution in [1.29, 1.82) is 0 Å². The molecule has 1 heterocycles. The molecule has 0 bridgehead atoms. The largest absolute Gasteiger partial charge is 0.381 e. The van der Waals surface area contributed by atoms with Gasteiger partial charge in [-0.1, -0.05) is 36.8 Å². The van der Waals surface area contributed by atoms with Gasteiger partial charge >= 0.3 is 6.03 Å². The first-order chi connectivity index (χ1) is 10.8. The number of hydrogen-bond donors (Lipinski definition) is 2. The summed E-state index contributed by atoms with van der Waals surface area (Å²) >= 11 is 0. The summed E-state index contributed by atoms with van der Waals surface area (Å²) in [5.74, 6) is 0.692. The van der Waals surface area contributed by atoms with Gasteiger partial charge in [0.05, 0.1) is 0 Å². The number of nitrogens with one attached hydrogen (secondary N) is 2. The fourth-order valence-electron chi connectivity index (χ4n) is 3.37. The van der Waals surface area contributed by atoms with E-state index in [0.717, 1.165) is 32.6 Å². The number of urea groups is 1. The monoisotopic (exact) mass is 302 g/mol. The molecule has 2 amide bonds. The van der Waals surface area contributed by atoms with Gasteiger partial charge in [-0.2, -0.15) is 0 Å². The Kier molecular flexibility index (Phi) is 4.98. The third-order valence-electron chi connectivity index (χ3n) is 5.20. The van der Waals surface area contributed by atoms with E-state index < -0.39 is 0 Å². The maximum atomic E-state index is 12.1. The average molecular weight is 302 g/mol. The van der Waals surface area contributed by atoms with Crippen LogP contribution in [0.4, 0.5) is 4.79 Å². The van der Waals surface area contributed by atoms with Gasteiger partial charge in [0, 0.05) is 31.7 Å². The molecule has 1 aliphatic carbocycles. The van der Waals surface area contributed by atoms with E-state index in [1.54, 1.807) is 0 Å². The Labute approximate surface area is 132 Å². The summed E-state index contributed by atoms with van der Waals surface area (Å²) in [6.45, 7) is 3.02. The molecule has 0 radical (unpaired) electrons. The average Bonchev–Trinajstić information content (AvgIpc) is 2.53. The molecule has 1 aromatic rings. The minimum absolute atomic E-state index is 0.00726. The Morgan fingerprint density at radius 1 is 1.14 bits per heavy atom. The van der Waals surface area contributed by atoms with Crippen LogP contribution in [0, 0.1) is 5.92 Å². The highest BCUT2D eigenvalue weighted by molar-refractivity contribution is 5.74. The topological polar surface area (TPSA) is 50.4 Å². The molecule has 3 rings (SSSR count). The van der Waals surface area contributed by atoms with Crippen LogP contribution in [-0.2, 0) is 10.2 Å². The standard InChI is InChI=1S/C18H26N2O2/c21-17(19-13-15-5-4-6-15)20-14-18(9-11-22-12-10-18)16-7-2-1-3-8-16/h1-3,7-8,15H,4-6,9-14H2,(H2,19,20,21). The second-order valence-corrected chi connectivity index (χ2v) is 6.62. The van der Waals surface area contributed by atoms with Crippen LogP contribution >= 0.6 is 0 Å². The predicted molar refractivity (Wildman–Crippen MR) is 86.9 cm³/mol. The van der Waals surface area contributed by atoms with Crippen molar-refractivity contribution in [3.63, 3.8) is 0 Å². The lowest BCUT2D eigenvalue weighted by Gasteiger charge is -2.38. The summed E-state index contributed by atoms with van der Waals surface area (Å²) in [7, 11) is 0. The molecule has 2 fully saturated rings. The van der Waals surface area contributed by atoms with Crippen LogP contribution in [0.25, 0.3) is 0 Å². The van der Waals surface area contributed by atoms with Gasteiger partial charge in [-0.25, -0.2) is 4.79 Å². The lowest BCUT2D eigenvalue weighted by atomic mass is 9.74. The number of ether oxygens (including phenoxy) is 1. The maximum absolute atomic E-state index is 12.1. The predicted octanol–water partition coefficient (Wildman–Crippen LogP) is 2.83. The molecule has 0 aromatic heterocycles. The Balaban J connectivity index is 1.57. The van der Waals surface area contributed by atoms with Crippen LogP contribution in [0.2, 0.25) is 0 Å². The normalized spacial score (nSPS) is 20.9. The van der Waals surface area contributed by atoms with Crippen molar-refractivity contribution >= 4 is 6.03 Å². The summed E-state index contributed by atoms with van der Waals surface area (Å²) in [5.41, 5.74) is 1.31. The van der Waals surface area contributed by atoms with Gasteiger partial charge in [0.25, 0.3) is 0 Å². The van der Waals surface area contributed by atoms with E-state index in [4.69, 9.17) is 4.74 Å². The second-order valence-electron chi connectivity index (χ2n) is 6.62. The third-order valence-corrected chi connectivity index (χ3v) is 5.20. The molecule has 4 heteroatoms. The van der Waals surface area contributed by atoms with Crippen LogP contribution in [0.15, 0.2) is 30.3 Å². The molecule has 1 saturated heterocycles. The number of amides is 2. The molecule has 0 atom stereocenters. The van der Waals surface area contributed by atoms with E-state index in [0.29, 0.717) is 12.5 Å². The first-order valence-electron chi connectivity index (χ1n) is 8.43. The van der Waals surface area contributed by atoms with Crippen molar-refractivity contribution < 1.29 is 9.53 Å². The molecule has 22 heavy (non-hydrogen) atoms. The van der Waals surface area contributed by atoms with Crippen LogP contribution in [0.5, 0.6) is 0 Å². The summed E-state index contributed by atoms with van der Waals surface area (Å²) in [6.07, 6.45) is 5.74. The zero-order valence-electron chi connectivity index (χ0n) is 13.1. The third kappa shape index (κ3) is 3.61. The minimum atomic E-state index is -0.0336. The SMILES string of the molecule is O=C(NCC1CCC1)NCC1(c2ccccc2)CCOCC1. The Morgan fingerprint density at radius 3 is 2.50 bits per heavy atom.